The van der Waals surface area contributed by atoms with Crippen LogP contribution in [0.5, 0.6) is 5.75 Å². The van der Waals surface area contributed by atoms with Gasteiger partial charge in [0.2, 0.25) is 5.91 Å². The van der Waals surface area contributed by atoms with Gasteiger partial charge in [-0.05, 0) is 43.7 Å². The van der Waals surface area contributed by atoms with E-state index in [2.05, 4.69) is 14.7 Å². The molecule has 0 bridgehead atoms. The van der Waals surface area contributed by atoms with Crippen LogP contribution >= 0.6 is 0 Å². The summed E-state index contributed by atoms with van der Waals surface area (Å²) in [6.45, 7) is 4.37. The third kappa shape index (κ3) is 6.75. The number of halogens is 3. The molecule has 0 radical (unpaired) electrons. The number of carbonyl (C=O) groups is 2. The van der Waals surface area contributed by atoms with Crippen LogP contribution in [0.4, 0.5) is 13.2 Å². The lowest BCUT2D eigenvalue weighted by molar-refractivity contribution is -0.274. The van der Waals surface area contributed by atoms with Crippen molar-refractivity contribution >= 4 is 17.9 Å². The van der Waals surface area contributed by atoms with E-state index in [-0.39, 0.29) is 23.3 Å². The number of alkyl halides is 3. The molecule has 3 rings (SSSR count). The van der Waals surface area contributed by atoms with Gasteiger partial charge in [-0.1, -0.05) is 12.1 Å². The molecule has 1 saturated heterocycles. The summed E-state index contributed by atoms with van der Waals surface area (Å²) in [5.74, 6) is -0.930. The van der Waals surface area contributed by atoms with Crippen molar-refractivity contribution in [3.05, 3.63) is 59.7 Å². The Morgan fingerprint density at radius 1 is 1.03 bits per heavy atom. The van der Waals surface area contributed by atoms with Crippen LogP contribution in [-0.2, 0) is 10.4 Å². The minimum absolute atomic E-state index is 0.166. The maximum atomic E-state index is 12.7. The molecule has 1 aliphatic rings. The number of hydrogen-bond acceptors (Lipinski definition) is 6. The predicted octanol–water partition coefficient (Wildman–Crippen LogP) is 2.60. The fourth-order valence-corrected chi connectivity index (χ4v) is 3.15. The molecular formula is C22H23F3N4O4. The standard InChI is InChI=1S/C22H23F3N4O4/c1-21(2,32)18-13-17(26-14-27-18)20(31)29-11-9-28(10-12-29)19(30)8-5-15-3-6-16(7-4-15)33-22(23,24)25/h3-8,13-14,32H,9-12H2,1-2H3/b8-5+. The normalized spacial score (nSPS) is 15.1. The zero-order valence-corrected chi connectivity index (χ0v) is 18.0. The van der Waals surface area contributed by atoms with Gasteiger partial charge in [0, 0.05) is 32.3 Å². The van der Waals surface area contributed by atoms with Crippen molar-refractivity contribution in [1.29, 1.82) is 0 Å². The quantitative estimate of drug-likeness (QED) is 0.684. The van der Waals surface area contributed by atoms with Crippen LogP contribution in [0.25, 0.3) is 6.08 Å². The first kappa shape index (κ1) is 24.2. The topological polar surface area (TPSA) is 95.9 Å². The lowest BCUT2D eigenvalue weighted by Crippen LogP contribution is -2.50. The summed E-state index contributed by atoms with van der Waals surface area (Å²) in [4.78, 5) is 36.3. The van der Waals surface area contributed by atoms with E-state index in [0.717, 1.165) is 0 Å². The molecule has 33 heavy (non-hydrogen) atoms. The van der Waals surface area contributed by atoms with Gasteiger partial charge in [0.1, 0.15) is 23.4 Å². The molecule has 0 saturated carbocycles. The Bertz CT molecular complexity index is 1030. The Balaban J connectivity index is 1.54. The summed E-state index contributed by atoms with van der Waals surface area (Å²) in [6, 6.07) is 6.60. The molecule has 1 aliphatic heterocycles. The Morgan fingerprint density at radius 3 is 2.21 bits per heavy atom. The molecular weight excluding hydrogens is 441 g/mol. The molecule has 0 atom stereocenters. The molecule has 0 spiro atoms. The molecule has 11 heteroatoms. The van der Waals surface area contributed by atoms with Crippen molar-refractivity contribution in [2.45, 2.75) is 25.8 Å². The summed E-state index contributed by atoms with van der Waals surface area (Å²) in [5, 5.41) is 10.1. The minimum Gasteiger partial charge on any atom is -0.406 e. The van der Waals surface area contributed by atoms with Crippen molar-refractivity contribution in [2.75, 3.05) is 26.2 Å². The molecule has 1 N–H and O–H groups in total. The first-order valence-corrected chi connectivity index (χ1v) is 10.1. The van der Waals surface area contributed by atoms with E-state index >= 15 is 0 Å². The fourth-order valence-electron chi connectivity index (χ4n) is 3.15. The molecule has 8 nitrogen and oxygen atoms in total. The van der Waals surface area contributed by atoms with Gasteiger partial charge in [-0.15, -0.1) is 13.2 Å². The number of benzene rings is 1. The van der Waals surface area contributed by atoms with Crippen LogP contribution in [0.3, 0.4) is 0 Å². The summed E-state index contributed by atoms with van der Waals surface area (Å²) in [7, 11) is 0. The summed E-state index contributed by atoms with van der Waals surface area (Å²) < 4.78 is 40.4. The van der Waals surface area contributed by atoms with E-state index < -0.39 is 12.0 Å². The maximum absolute atomic E-state index is 12.7. The van der Waals surface area contributed by atoms with Gasteiger partial charge >= 0.3 is 6.36 Å². The number of amides is 2. The number of hydrogen-bond donors (Lipinski definition) is 1. The lowest BCUT2D eigenvalue weighted by atomic mass is 10.0. The highest BCUT2D eigenvalue weighted by molar-refractivity contribution is 5.94. The van der Waals surface area contributed by atoms with Crippen molar-refractivity contribution in [1.82, 2.24) is 19.8 Å². The molecule has 2 aromatic rings. The van der Waals surface area contributed by atoms with Crippen LogP contribution < -0.4 is 4.74 Å². The number of rotatable bonds is 5. The van der Waals surface area contributed by atoms with Crippen molar-refractivity contribution in [3.63, 3.8) is 0 Å². The highest BCUT2D eigenvalue weighted by Crippen LogP contribution is 2.23. The molecule has 1 aromatic carbocycles. The predicted molar refractivity (Wildman–Crippen MR) is 112 cm³/mol. The van der Waals surface area contributed by atoms with Crippen LogP contribution in [-0.4, -0.2) is 69.2 Å². The first-order valence-electron chi connectivity index (χ1n) is 10.1. The molecule has 0 unspecified atom stereocenters. The second kappa shape index (κ2) is 9.57. The Kier molecular flexibility index (Phi) is 7.01. The minimum atomic E-state index is -4.76. The molecule has 2 heterocycles. The Hall–Kier alpha value is -3.47. The van der Waals surface area contributed by atoms with Crippen LogP contribution in [0.1, 0.15) is 35.6 Å². The average Bonchev–Trinajstić information content (AvgIpc) is 2.76. The molecule has 0 aliphatic carbocycles. The highest BCUT2D eigenvalue weighted by Gasteiger charge is 2.31. The van der Waals surface area contributed by atoms with Gasteiger partial charge in [-0.25, -0.2) is 9.97 Å². The maximum Gasteiger partial charge on any atom is 0.573 e. The van der Waals surface area contributed by atoms with Crippen molar-refractivity contribution < 1.29 is 32.6 Å². The van der Waals surface area contributed by atoms with Gasteiger partial charge in [0.15, 0.2) is 0 Å². The summed E-state index contributed by atoms with van der Waals surface area (Å²) >= 11 is 0. The van der Waals surface area contributed by atoms with Gasteiger partial charge in [0.25, 0.3) is 5.91 Å². The second-order valence-electron chi connectivity index (χ2n) is 7.92. The number of aromatic nitrogens is 2. The number of nitrogens with zero attached hydrogens (tertiary/aromatic N) is 4. The highest BCUT2D eigenvalue weighted by atomic mass is 19.4. The number of ether oxygens (including phenoxy) is 1. The largest absolute Gasteiger partial charge is 0.573 e. The molecule has 1 fully saturated rings. The van der Waals surface area contributed by atoms with Gasteiger partial charge < -0.3 is 19.6 Å². The van der Waals surface area contributed by atoms with Gasteiger partial charge in [-0.2, -0.15) is 0 Å². The average molecular weight is 464 g/mol. The van der Waals surface area contributed by atoms with E-state index in [9.17, 15) is 27.9 Å². The monoisotopic (exact) mass is 464 g/mol. The van der Waals surface area contributed by atoms with E-state index in [0.29, 0.717) is 37.4 Å². The van der Waals surface area contributed by atoms with Gasteiger partial charge in [0.05, 0.1) is 5.69 Å². The SMILES string of the molecule is CC(C)(O)c1cc(C(=O)N2CCN(C(=O)/C=C/c3ccc(OC(F)(F)F)cc3)CC2)ncn1. The van der Waals surface area contributed by atoms with E-state index in [1.807, 2.05) is 0 Å². The third-order valence-electron chi connectivity index (χ3n) is 4.92. The van der Waals surface area contributed by atoms with Crippen molar-refractivity contribution in [2.24, 2.45) is 0 Å². The van der Waals surface area contributed by atoms with Crippen molar-refractivity contribution in [3.8, 4) is 5.75 Å². The second-order valence-corrected chi connectivity index (χ2v) is 7.92. The smallest absolute Gasteiger partial charge is 0.406 e. The van der Waals surface area contributed by atoms with E-state index in [1.54, 1.807) is 23.6 Å². The van der Waals surface area contributed by atoms with Crippen LogP contribution in [0.15, 0.2) is 42.7 Å². The lowest BCUT2D eigenvalue weighted by Gasteiger charge is -2.34. The fraction of sp³-hybridized carbons (Fsp3) is 0.364. The van der Waals surface area contributed by atoms with E-state index in [4.69, 9.17) is 0 Å². The molecule has 1 aromatic heterocycles. The third-order valence-corrected chi connectivity index (χ3v) is 4.92. The Morgan fingerprint density at radius 2 is 1.64 bits per heavy atom. The number of aliphatic hydroxyl groups is 1. The number of piperazine rings is 1. The van der Waals surface area contributed by atoms with E-state index in [1.165, 1.54) is 48.8 Å². The first-order chi connectivity index (χ1) is 15.4. The zero-order valence-electron chi connectivity index (χ0n) is 18.0. The zero-order chi connectivity index (χ0) is 24.2. The molecule has 176 valence electrons. The summed E-state index contributed by atoms with van der Waals surface area (Å²) in [6.07, 6.45) is -0.706. The van der Waals surface area contributed by atoms with Crippen LogP contribution in [0, 0.1) is 0 Å². The molecule has 2 amide bonds. The number of carbonyl (C=O) groups excluding carboxylic acids is 2. The van der Waals surface area contributed by atoms with Crippen LogP contribution in [0.2, 0.25) is 0 Å². The Labute approximate surface area is 188 Å². The summed E-state index contributed by atoms with van der Waals surface area (Å²) in [5.41, 5.74) is -0.170. The van der Waals surface area contributed by atoms with Gasteiger partial charge in [-0.3, -0.25) is 9.59 Å².